The Labute approximate surface area is 136 Å². The molecule has 0 radical (unpaired) electrons. The van der Waals surface area contributed by atoms with Gasteiger partial charge in [-0.3, -0.25) is 0 Å². The molecule has 3 rings (SSSR count). The topological polar surface area (TPSA) is 90.9 Å². The second-order valence-corrected chi connectivity index (χ2v) is 9.46. The van der Waals surface area contributed by atoms with E-state index in [1.54, 1.807) is 10.9 Å². The average Bonchev–Trinajstić information content (AvgIpc) is 3.06. The van der Waals surface area contributed by atoms with Crippen LogP contribution in [-0.4, -0.2) is 40.1 Å². The Hall–Kier alpha value is -1.70. The lowest BCUT2D eigenvalue weighted by Gasteiger charge is -2.19. The number of aromatic nitrogens is 4. The minimum Gasteiger partial charge on any atom is -0.364 e. The van der Waals surface area contributed by atoms with E-state index in [2.05, 4.69) is 36.2 Å². The van der Waals surface area contributed by atoms with Crippen molar-refractivity contribution >= 4 is 9.84 Å². The molecule has 0 spiro atoms. The Morgan fingerprint density at radius 3 is 2.87 bits per heavy atom. The van der Waals surface area contributed by atoms with E-state index in [4.69, 9.17) is 4.52 Å². The van der Waals surface area contributed by atoms with Gasteiger partial charge in [0.25, 0.3) is 0 Å². The summed E-state index contributed by atoms with van der Waals surface area (Å²) < 4.78 is 30.4. The van der Waals surface area contributed by atoms with Crippen molar-refractivity contribution in [2.75, 3.05) is 11.5 Å². The van der Waals surface area contributed by atoms with Gasteiger partial charge in [-0.05, 0) is 12.8 Å². The normalized spacial score (nSPS) is 21.4. The van der Waals surface area contributed by atoms with Crippen molar-refractivity contribution in [3.63, 3.8) is 0 Å². The maximum atomic E-state index is 11.8. The molecule has 1 aliphatic rings. The van der Waals surface area contributed by atoms with Gasteiger partial charge in [0, 0.05) is 23.1 Å². The van der Waals surface area contributed by atoms with Crippen molar-refractivity contribution in [2.24, 2.45) is 0 Å². The molecule has 0 amide bonds. The smallest absolute Gasteiger partial charge is 0.150 e. The molecular weight excluding hydrogens is 316 g/mol. The van der Waals surface area contributed by atoms with Crippen LogP contribution in [0, 0.1) is 0 Å². The molecule has 7 nitrogen and oxygen atoms in total. The van der Waals surface area contributed by atoms with Gasteiger partial charge in [0.05, 0.1) is 29.4 Å². The summed E-state index contributed by atoms with van der Waals surface area (Å²) in [6, 6.07) is 0. The molecule has 126 valence electrons. The fraction of sp³-hybridized carbons (Fsp3) is 0.667. The maximum absolute atomic E-state index is 11.8. The molecular formula is C15H22N4O3S. The molecule has 2 aromatic heterocycles. The van der Waals surface area contributed by atoms with Crippen molar-refractivity contribution in [3.05, 3.63) is 29.4 Å². The highest BCUT2D eigenvalue weighted by atomic mass is 32.2. The molecule has 0 aliphatic carbocycles. The van der Waals surface area contributed by atoms with Gasteiger partial charge >= 0.3 is 0 Å². The van der Waals surface area contributed by atoms with Gasteiger partial charge in [0.1, 0.15) is 6.26 Å². The van der Waals surface area contributed by atoms with Crippen LogP contribution < -0.4 is 0 Å². The Bertz CT molecular complexity index is 786. The number of hydrogen-bond acceptors (Lipinski definition) is 6. The lowest BCUT2D eigenvalue weighted by Crippen LogP contribution is -2.23. The summed E-state index contributed by atoms with van der Waals surface area (Å²) in [6.45, 7) is 6.75. The maximum Gasteiger partial charge on any atom is 0.150 e. The third-order valence-corrected chi connectivity index (χ3v) is 5.94. The van der Waals surface area contributed by atoms with Gasteiger partial charge in [-0.25, -0.2) is 13.1 Å². The quantitative estimate of drug-likeness (QED) is 0.849. The fourth-order valence-electron chi connectivity index (χ4n) is 3.00. The molecule has 2 aromatic rings. The zero-order valence-corrected chi connectivity index (χ0v) is 14.5. The number of sulfone groups is 1. The van der Waals surface area contributed by atoms with Crippen LogP contribution in [0.2, 0.25) is 0 Å². The highest BCUT2D eigenvalue weighted by molar-refractivity contribution is 7.91. The second-order valence-electron chi connectivity index (χ2n) is 7.23. The summed E-state index contributed by atoms with van der Waals surface area (Å²) in [5.74, 6) is 0.409. The van der Waals surface area contributed by atoms with Crippen LogP contribution in [0.25, 0.3) is 0 Å². The summed E-state index contributed by atoms with van der Waals surface area (Å²) in [5, 5.41) is 12.4. The fourth-order valence-corrected chi connectivity index (χ4v) is 4.72. The Kier molecular flexibility index (Phi) is 4.03. The first-order valence-corrected chi connectivity index (χ1v) is 9.61. The SMILES string of the molecule is CC(C)(C)c1nocc1Cn1cc(C2CCCS(=O)(=O)C2)nn1. The van der Waals surface area contributed by atoms with E-state index in [-0.39, 0.29) is 22.8 Å². The lowest BCUT2D eigenvalue weighted by atomic mass is 9.89. The zero-order valence-electron chi connectivity index (χ0n) is 13.7. The van der Waals surface area contributed by atoms with Crippen LogP contribution in [0.4, 0.5) is 0 Å². The Morgan fingerprint density at radius 1 is 1.39 bits per heavy atom. The van der Waals surface area contributed by atoms with Crippen molar-refractivity contribution in [2.45, 2.75) is 51.5 Å². The van der Waals surface area contributed by atoms with Crippen molar-refractivity contribution < 1.29 is 12.9 Å². The first-order valence-electron chi connectivity index (χ1n) is 7.79. The first kappa shape index (κ1) is 16.2. The summed E-state index contributed by atoms with van der Waals surface area (Å²) in [6.07, 6.45) is 5.01. The molecule has 1 atom stereocenters. The molecule has 1 aliphatic heterocycles. The summed E-state index contributed by atoms with van der Waals surface area (Å²) >= 11 is 0. The molecule has 1 unspecified atom stereocenters. The van der Waals surface area contributed by atoms with E-state index in [1.807, 2.05) is 6.20 Å². The minimum atomic E-state index is -2.95. The third-order valence-electron chi connectivity index (χ3n) is 4.12. The minimum absolute atomic E-state index is 0.0490. The van der Waals surface area contributed by atoms with E-state index in [1.165, 1.54) is 0 Å². The Balaban J connectivity index is 1.77. The predicted molar refractivity (Wildman–Crippen MR) is 85.0 cm³/mol. The lowest BCUT2D eigenvalue weighted by molar-refractivity contribution is 0.393. The van der Waals surface area contributed by atoms with E-state index in [0.29, 0.717) is 13.0 Å². The predicted octanol–water partition coefficient (Wildman–Crippen LogP) is 1.90. The average molecular weight is 338 g/mol. The van der Waals surface area contributed by atoms with Crippen LogP contribution in [-0.2, 0) is 21.8 Å². The van der Waals surface area contributed by atoms with Crippen molar-refractivity contribution in [1.29, 1.82) is 0 Å². The van der Waals surface area contributed by atoms with Gasteiger partial charge in [-0.2, -0.15) is 0 Å². The van der Waals surface area contributed by atoms with Crippen LogP contribution in [0.15, 0.2) is 17.0 Å². The monoisotopic (exact) mass is 338 g/mol. The van der Waals surface area contributed by atoms with Crippen molar-refractivity contribution in [3.8, 4) is 0 Å². The first-order chi connectivity index (χ1) is 10.7. The Morgan fingerprint density at radius 2 is 2.17 bits per heavy atom. The van der Waals surface area contributed by atoms with Crippen LogP contribution in [0.1, 0.15) is 56.5 Å². The highest BCUT2D eigenvalue weighted by Gasteiger charge is 2.28. The van der Waals surface area contributed by atoms with Crippen molar-refractivity contribution in [1.82, 2.24) is 20.2 Å². The largest absolute Gasteiger partial charge is 0.364 e. The number of hydrogen-bond donors (Lipinski definition) is 0. The molecule has 0 bridgehead atoms. The molecule has 3 heterocycles. The summed E-state index contributed by atoms with van der Waals surface area (Å²) in [7, 11) is -2.95. The standard InChI is InChI=1S/C15H22N4O3S/c1-15(2,3)14-12(9-22-17-14)7-19-8-13(16-18-19)11-5-4-6-23(20,21)10-11/h8-9,11H,4-7,10H2,1-3H3. The highest BCUT2D eigenvalue weighted by Crippen LogP contribution is 2.28. The summed E-state index contributed by atoms with van der Waals surface area (Å²) in [4.78, 5) is 0. The van der Waals surface area contributed by atoms with Crippen LogP contribution in [0.3, 0.4) is 0 Å². The third kappa shape index (κ3) is 3.63. The van der Waals surface area contributed by atoms with Gasteiger partial charge < -0.3 is 4.52 Å². The number of rotatable bonds is 3. The van der Waals surface area contributed by atoms with Gasteiger partial charge in [0.15, 0.2) is 9.84 Å². The molecule has 0 saturated carbocycles. The van der Waals surface area contributed by atoms with Gasteiger partial charge in [-0.15, -0.1) is 5.10 Å². The van der Waals surface area contributed by atoms with Gasteiger partial charge in [0.2, 0.25) is 0 Å². The van der Waals surface area contributed by atoms with Gasteiger partial charge in [-0.1, -0.05) is 31.1 Å². The number of nitrogens with zero attached hydrogens (tertiary/aromatic N) is 4. The molecule has 0 N–H and O–H groups in total. The van der Waals surface area contributed by atoms with E-state index >= 15 is 0 Å². The van der Waals surface area contributed by atoms with Crippen LogP contribution in [0.5, 0.6) is 0 Å². The molecule has 0 aromatic carbocycles. The molecule has 8 heteroatoms. The molecule has 1 saturated heterocycles. The summed E-state index contributed by atoms with van der Waals surface area (Å²) in [5.41, 5.74) is 2.51. The van der Waals surface area contributed by atoms with E-state index in [0.717, 1.165) is 23.4 Å². The second kappa shape index (κ2) is 5.74. The zero-order chi connectivity index (χ0) is 16.7. The van der Waals surface area contributed by atoms with Crippen LogP contribution >= 0.6 is 0 Å². The van der Waals surface area contributed by atoms with E-state index in [9.17, 15) is 8.42 Å². The molecule has 1 fully saturated rings. The molecule has 23 heavy (non-hydrogen) atoms. The van der Waals surface area contributed by atoms with E-state index < -0.39 is 9.84 Å².